The quantitative estimate of drug-likeness (QED) is 0.302. The lowest BCUT2D eigenvalue weighted by atomic mass is 9.96. The Morgan fingerprint density at radius 2 is 1.61 bits per heavy atom. The molecule has 0 fully saturated rings. The summed E-state index contributed by atoms with van der Waals surface area (Å²) in [6.45, 7) is 14.4. The molecule has 0 rings (SSSR count). The van der Waals surface area contributed by atoms with Gasteiger partial charge in [0, 0.05) is 5.92 Å². The first-order valence-electron chi connectivity index (χ1n) is 7.58. The number of hydrogen-bond donors (Lipinski definition) is 0. The van der Waals surface area contributed by atoms with E-state index in [0.29, 0.717) is 5.92 Å². The van der Waals surface area contributed by atoms with Crippen molar-refractivity contribution in [3.8, 4) is 0 Å². The topological polar surface area (TPSA) is 9.23 Å². The van der Waals surface area contributed by atoms with Gasteiger partial charge in [-0.3, -0.25) is 0 Å². The lowest BCUT2D eigenvalue weighted by Gasteiger charge is -2.16. The summed E-state index contributed by atoms with van der Waals surface area (Å²) < 4.78 is 5.29. The van der Waals surface area contributed by atoms with E-state index in [0.717, 1.165) is 18.1 Å². The highest BCUT2D eigenvalue weighted by atomic mass is 16.5. The average molecular weight is 252 g/mol. The molecule has 0 saturated heterocycles. The molecule has 0 heterocycles. The molecule has 1 heteroatoms. The molecule has 0 radical (unpaired) electrons. The van der Waals surface area contributed by atoms with Crippen molar-refractivity contribution in [1.82, 2.24) is 0 Å². The molecule has 0 bridgehead atoms. The van der Waals surface area contributed by atoms with Crippen LogP contribution in [0.2, 0.25) is 0 Å². The van der Waals surface area contributed by atoms with Crippen LogP contribution < -0.4 is 0 Å². The van der Waals surface area contributed by atoms with E-state index >= 15 is 0 Å². The lowest BCUT2D eigenvalue weighted by molar-refractivity contribution is 0.275. The van der Waals surface area contributed by atoms with Crippen LogP contribution in [0.25, 0.3) is 0 Å². The summed E-state index contributed by atoms with van der Waals surface area (Å²) in [6, 6.07) is 0. The Bertz CT molecular complexity index is 218. The predicted molar refractivity (Wildman–Crippen MR) is 81.4 cm³/mol. The zero-order valence-electron chi connectivity index (χ0n) is 12.7. The zero-order chi connectivity index (χ0) is 13.8. The van der Waals surface area contributed by atoms with Gasteiger partial charge >= 0.3 is 0 Å². The number of ether oxygens (including phenoxy) is 1. The summed E-state index contributed by atoms with van der Waals surface area (Å²) in [5.41, 5.74) is 0. The van der Waals surface area contributed by atoms with E-state index in [1.165, 1.54) is 51.2 Å². The number of rotatable bonds is 12. The van der Waals surface area contributed by atoms with Gasteiger partial charge in [-0.1, -0.05) is 72.5 Å². The second kappa shape index (κ2) is 11.4. The molecule has 1 atom stereocenters. The van der Waals surface area contributed by atoms with E-state index in [9.17, 15) is 0 Å². The third-order valence-electron chi connectivity index (χ3n) is 3.52. The van der Waals surface area contributed by atoms with Crippen molar-refractivity contribution in [1.29, 1.82) is 0 Å². The van der Waals surface area contributed by atoms with Gasteiger partial charge in [0.2, 0.25) is 0 Å². The number of unbranched alkanes of at least 4 members (excludes halogenated alkanes) is 4. The molecule has 0 aromatic heterocycles. The van der Waals surface area contributed by atoms with E-state index < -0.39 is 0 Å². The summed E-state index contributed by atoms with van der Waals surface area (Å²) in [7, 11) is 0. The highest BCUT2D eigenvalue weighted by Crippen LogP contribution is 2.22. The summed E-state index contributed by atoms with van der Waals surface area (Å²) >= 11 is 0. The third-order valence-corrected chi connectivity index (χ3v) is 3.52. The van der Waals surface area contributed by atoms with E-state index in [4.69, 9.17) is 4.74 Å². The molecule has 1 unspecified atom stereocenters. The molecule has 0 aliphatic rings. The van der Waals surface area contributed by atoms with Gasteiger partial charge in [-0.15, -0.1) is 0 Å². The van der Waals surface area contributed by atoms with Crippen LogP contribution in [0.4, 0.5) is 0 Å². The molecule has 18 heavy (non-hydrogen) atoms. The smallest absolute Gasteiger partial charge is 0.0990 e. The van der Waals surface area contributed by atoms with Gasteiger partial charge in [0.1, 0.15) is 0 Å². The Morgan fingerprint density at radius 1 is 1.06 bits per heavy atom. The highest BCUT2D eigenvalue weighted by molar-refractivity contribution is 4.92. The van der Waals surface area contributed by atoms with Crippen molar-refractivity contribution in [3.05, 3.63) is 25.2 Å². The van der Waals surface area contributed by atoms with E-state index in [-0.39, 0.29) is 0 Å². The number of hydrogen-bond acceptors (Lipinski definition) is 1. The molecule has 1 nitrogen and oxygen atoms in total. The fourth-order valence-corrected chi connectivity index (χ4v) is 2.27. The molecular weight excluding hydrogens is 220 g/mol. The lowest BCUT2D eigenvalue weighted by Crippen LogP contribution is -2.03. The van der Waals surface area contributed by atoms with Crippen molar-refractivity contribution >= 4 is 0 Å². The molecule has 0 aromatic rings. The minimum Gasteiger partial charge on any atom is -0.470 e. The average Bonchev–Trinajstić information content (AvgIpc) is 2.32. The van der Waals surface area contributed by atoms with E-state index in [1.807, 2.05) is 0 Å². The van der Waals surface area contributed by atoms with Crippen LogP contribution in [0, 0.1) is 11.8 Å². The van der Waals surface area contributed by atoms with Crippen LogP contribution in [0.3, 0.4) is 0 Å². The molecule has 0 N–H and O–H groups in total. The largest absolute Gasteiger partial charge is 0.470 e. The normalized spacial score (nSPS) is 12.4. The zero-order valence-corrected chi connectivity index (χ0v) is 12.7. The SMILES string of the molecule is C=COC(=C)C(CC)CCCCCCCC(C)C. The summed E-state index contributed by atoms with van der Waals surface area (Å²) in [5.74, 6) is 2.24. The second-order valence-corrected chi connectivity index (χ2v) is 5.59. The van der Waals surface area contributed by atoms with Crippen molar-refractivity contribution < 1.29 is 4.74 Å². The summed E-state index contributed by atoms with van der Waals surface area (Å²) in [6.07, 6.45) is 12.0. The highest BCUT2D eigenvalue weighted by Gasteiger charge is 2.10. The van der Waals surface area contributed by atoms with Crippen LogP contribution in [0.15, 0.2) is 25.2 Å². The Balaban J connectivity index is 3.50. The van der Waals surface area contributed by atoms with E-state index in [1.54, 1.807) is 0 Å². The molecule has 0 amide bonds. The van der Waals surface area contributed by atoms with Crippen molar-refractivity contribution in [2.45, 2.75) is 72.1 Å². The molecular formula is C17H32O. The number of allylic oxidation sites excluding steroid dienone is 1. The Labute approximate surface area is 114 Å². The van der Waals surface area contributed by atoms with Gasteiger partial charge in [-0.25, -0.2) is 0 Å². The maximum absolute atomic E-state index is 5.29. The summed E-state index contributed by atoms with van der Waals surface area (Å²) in [4.78, 5) is 0. The van der Waals surface area contributed by atoms with Crippen LogP contribution >= 0.6 is 0 Å². The van der Waals surface area contributed by atoms with Gasteiger partial charge < -0.3 is 4.74 Å². The first-order chi connectivity index (χ1) is 8.61. The van der Waals surface area contributed by atoms with Crippen LogP contribution in [-0.2, 0) is 4.74 Å². The first kappa shape index (κ1) is 17.3. The Kier molecular flexibility index (Phi) is 10.9. The summed E-state index contributed by atoms with van der Waals surface area (Å²) in [5, 5.41) is 0. The fraction of sp³-hybridized carbons (Fsp3) is 0.765. The first-order valence-corrected chi connectivity index (χ1v) is 7.58. The Hall–Kier alpha value is -0.720. The van der Waals surface area contributed by atoms with Gasteiger partial charge in [0.25, 0.3) is 0 Å². The molecule has 0 aliphatic heterocycles. The maximum Gasteiger partial charge on any atom is 0.0990 e. The predicted octanol–water partition coefficient (Wildman–Crippen LogP) is 6.07. The minimum absolute atomic E-state index is 0.499. The van der Waals surface area contributed by atoms with Gasteiger partial charge in [-0.2, -0.15) is 0 Å². The second-order valence-electron chi connectivity index (χ2n) is 5.59. The standard InChI is InChI=1S/C17H32O/c1-6-17(16(5)18-7-2)14-12-10-8-9-11-13-15(3)4/h7,15,17H,2,5-6,8-14H2,1,3-4H3. The molecule has 0 spiro atoms. The minimum atomic E-state index is 0.499. The van der Waals surface area contributed by atoms with E-state index in [2.05, 4.69) is 33.9 Å². The van der Waals surface area contributed by atoms with Crippen LogP contribution in [0.1, 0.15) is 72.1 Å². The van der Waals surface area contributed by atoms with Gasteiger partial charge in [-0.05, 0) is 18.8 Å². The molecule has 0 aliphatic carbocycles. The van der Waals surface area contributed by atoms with Crippen LogP contribution in [-0.4, -0.2) is 0 Å². The fourth-order valence-electron chi connectivity index (χ4n) is 2.27. The monoisotopic (exact) mass is 252 g/mol. The maximum atomic E-state index is 5.29. The third kappa shape index (κ3) is 9.32. The Morgan fingerprint density at radius 3 is 2.11 bits per heavy atom. The van der Waals surface area contributed by atoms with Crippen molar-refractivity contribution in [2.24, 2.45) is 11.8 Å². The molecule has 0 saturated carbocycles. The molecule has 106 valence electrons. The van der Waals surface area contributed by atoms with Crippen molar-refractivity contribution in [3.63, 3.8) is 0 Å². The van der Waals surface area contributed by atoms with Gasteiger partial charge in [0.15, 0.2) is 0 Å². The molecule has 0 aromatic carbocycles. The van der Waals surface area contributed by atoms with Gasteiger partial charge in [0.05, 0.1) is 12.0 Å². The van der Waals surface area contributed by atoms with Crippen molar-refractivity contribution in [2.75, 3.05) is 0 Å². The van der Waals surface area contributed by atoms with Crippen LogP contribution in [0.5, 0.6) is 0 Å².